The van der Waals surface area contributed by atoms with Crippen LogP contribution in [-0.4, -0.2) is 60.3 Å². The first-order chi connectivity index (χ1) is 12.3. The van der Waals surface area contributed by atoms with Crippen molar-refractivity contribution < 1.29 is 32.2 Å². The van der Waals surface area contributed by atoms with E-state index in [0.29, 0.717) is 11.3 Å². The third-order valence-corrected chi connectivity index (χ3v) is 4.93. The van der Waals surface area contributed by atoms with E-state index in [9.17, 15) is 22.8 Å². The van der Waals surface area contributed by atoms with Crippen LogP contribution >= 0.6 is 11.3 Å². The summed E-state index contributed by atoms with van der Waals surface area (Å²) in [5.74, 6) is -0.932. The van der Waals surface area contributed by atoms with Gasteiger partial charge in [0.1, 0.15) is 10.6 Å². The van der Waals surface area contributed by atoms with E-state index in [1.807, 2.05) is 0 Å². The molecule has 2 rings (SSSR count). The van der Waals surface area contributed by atoms with Gasteiger partial charge in [-0.15, -0.1) is 0 Å². The number of thiazole rings is 1. The van der Waals surface area contributed by atoms with Gasteiger partial charge in [-0.05, 0) is 27.7 Å². The number of esters is 1. The number of rotatable bonds is 2. The molecule has 7 nitrogen and oxygen atoms in total. The van der Waals surface area contributed by atoms with Crippen LogP contribution in [0.4, 0.5) is 23.0 Å². The summed E-state index contributed by atoms with van der Waals surface area (Å²) in [5, 5.41) is -1.02. The first-order valence-corrected chi connectivity index (χ1v) is 9.06. The predicted molar refractivity (Wildman–Crippen MR) is 93.1 cm³/mol. The Hall–Kier alpha value is -2.04. The van der Waals surface area contributed by atoms with Gasteiger partial charge in [0, 0.05) is 25.7 Å². The van der Waals surface area contributed by atoms with Crippen molar-refractivity contribution in [2.75, 3.05) is 31.6 Å². The molecule has 1 aromatic heterocycles. The lowest BCUT2D eigenvalue weighted by Crippen LogP contribution is -2.55. The van der Waals surface area contributed by atoms with E-state index in [1.54, 1.807) is 32.6 Å². The Morgan fingerprint density at radius 2 is 1.85 bits per heavy atom. The highest BCUT2D eigenvalue weighted by Gasteiger charge is 2.40. The summed E-state index contributed by atoms with van der Waals surface area (Å²) in [5.41, 5.74) is -1.02. The Bertz CT molecular complexity index is 715. The average molecular weight is 409 g/mol. The third kappa shape index (κ3) is 5.02. The van der Waals surface area contributed by atoms with Crippen molar-refractivity contribution in [3.05, 3.63) is 10.7 Å². The molecule has 1 aliphatic rings. The average Bonchev–Trinajstić information content (AvgIpc) is 2.97. The number of carbonyl (C=O) groups excluding carboxylic acids is 2. The number of piperazine rings is 1. The summed E-state index contributed by atoms with van der Waals surface area (Å²) in [4.78, 5) is 30.7. The highest BCUT2D eigenvalue weighted by molar-refractivity contribution is 7.16. The second kappa shape index (κ2) is 7.53. The molecule has 1 aromatic rings. The van der Waals surface area contributed by atoms with E-state index in [1.165, 1.54) is 4.90 Å². The summed E-state index contributed by atoms with van der Waals surface area (Å²) >= 11 is 0.393. The molecule has 1 saturated heterocycles. The number of nitrogens with zero attached hydrogens (tertiary/aromatic N) is 3. The van der Waals surface area contributed by atoms with E-state index in [0.717, 1.165) is 7.11 Å². The molecule has 1 aliphatic heterocycles. The van der Waals surface area contributed by atoms with Gasteiger partial charge in [0.15, 0.2) is 5.69 Å². The fourth-order valence-electron chi connectivity index (χ4n) is 2.61. The van der Waals surface area contributed by atoms with Gasteiger partial charge in [-0.1, -0.05) is 11.3 Å². The van der Waals surface area contributed by atoms with Crippen molar-refractivity contribution in [3.8, 4) is 0 Å². The van der Waals surface area contributed by atoms with E-state index in [4.69, 9.17) is 4.74 Å². The molecule has 1 amide bonds. The Morgan fingerprint density at radius 1 is 1.22 bits per heavy atom. The number of alkyl halides is 3. The van der Waals surface area contributed by atoms with Crippen molar-refractivity contribution in [3.63, 3.8) is 0 Å². The van der Waals surface area contributed by atoms with E-state index in [2.05, 4.69) is 9.72 Å². The van der Waals surface area contributed by atoms with E-state index < -0.39 is 28.8 Å². The van der Waals surface area contributed by atoms with Gasteiger partial charge in [-0.25, -0.2) is 14.6 Å². The number of amides is 1. The highest BCUT2D eigenvalue weighted by atomic mass is 32.1. The van der Waals surface area contributed by atoms with Crippen LogP contribution in [0.5, 0.6) is 0 Å². The molecular weight excluding hydrogens is 387 g/mol. The number of anilines is 1. The normalized spacial score (nSPS) is 18.4. The van der Waals surface area contributed by atoms with Crippen LogP contribution in [0.25, 0.3) is 0 Å². The number of hydrogen-bond acceptors (Lipinski definition) is 7. The smallest absolute Gasteiger partial charge is 0.443 e. The van der Waals surface area contributed by atoms with Crippen molar-refractivity contribution in [2.24, 2.45) is 0 Å². The minimum Gasteiger partial charge on any atom is -0.464 e. The first kappa shape index (κ1) is 21.3. The molecule has 0 spiro atoms. The molecule has 0 aromatic carbocycles. The van der Waals surface area contributed by atoms with Gasteiger partial charge in [0.2, 0.25) is 5.01 Å². The summed E-state index contributed by atoms with van der Waals surface area (Å²) in [6.07, 6.45) is -5.14. The number of carbonyl (C=O) groups is 2. The third-order valence-electron chi connectivity index (χ3n) is 3.77. The zero-order valence-electron chi connectivity index (χ0n) is 15.7. The Labute approximate surface area is 159 Å². The number of ether oxygens (including phenoxy) is 2. The van der Waals surface area contributed by atoms with Gasteiger partial charge in [-0.3, -0.25) is 0 Å². The van der Waals surface area contributed by atoms with Crippen LogP contribution in [0.15, 0.2) is 0 Å². The number of hydrogen-bond donors (Lipinski definition) is 0. The molecule has 0 N–H and O–H groups in total. The highest BCUT2D eigenvalue weighted by Crippen LogP contribution is 2.39. The predicted octanol–water partition coefficient (Wildman–Crippen LogP) is 3.39. The molecule has 0 bridgehead atoms. The maximum atomic E-state index is 13.0. The van der Waals surface area contributed by atoms with Gasteiger partial charge in [-0.2, -0.15) is 13.2 Å². The molecule has 11 heteroatoms. The second-order valence-electron chi connectivity index (χ2n) is 7.13. The van der Waals surface area contributed by atoms with Crippen LogP contribution < -0.4 is 4.90 Å². The number of halogens is 3. The van der Waals surface area contributed by atoms with Gasteiger partial charge < -0.3 is 19.3 Å². The molecule has 152 valence electrons. The quantitative estimate of drug-likeness (QED) is 0.698. The van der Waals surface area contributed by atoms with Crippen LogP contribution in [0, 0.1) is 0 Å². The molecule has 1 fully saturated rings. The van der Waals surface area contributed by atoms with Crippen molar-refractivity contribution in [2.45, 2.75) is 45.5 Å². The number of aromatic nitrogens is 1. The summed E-state index contributed by atoms with van der Waals surface area (Å²) < 4.78 is 49.0. The molecule has 0 radical (unpaired) electrons. The molecule has 1 atom stereocenters. The SMILES string of the molecule is COC(=O)c1nc(C(F)(F)F)sc1N1CCN(C(=O)OC(C)(C)C)[C@H](C)C1. The van der Waals surface area contributed by atoms with Crippen molar-refractivity contribution in [1.29, 1.82) is 0 Å². The van der Waals surface area contributed by atoms with Gasteiger partial charge in [0.25, 0.3) is 0 Å². The minimum atomic E-state index is -4.66. The standard InChI is InChI=1S/C16H22F3N3O4S/c1-9-8-21(6-7-22(9)14(24)26-15(2,3)4)11-10(12(23)25-5)20-13(27-11)16(17,18)19/h9H,6-8H2,1-5H3/t9-/m1/s1. The van der Waals surface area contributed by atoms with Crippen molar-refractivity contribution in [1.82, 2.24) is 9.88 Å². The monoisotopic (exact) mass is 409 g/mol. The lowest BCUT2D eigenvalue weighted by Gasteiger charge is -2.40. The minimum absolute atomic E-state index is 0.0878. The topological polar surface area (TPSA) is 72.0 Å². The molecule has 27 heavy (non-hydrogen) atoms. The van der Waals surface area contributed by atoms with Gasteiger partial charge >= 0.3 is 18.2 Å². The van der Waals surface area contributed by atoms with E-state index >= 15 is 0 Å². The lowest BCUT2D eigenvalue weighted by atomic mass is 10.2. The zero-order chi connectivity index (χ0) is 20.6. The van der Waals surface area contributed by atoms with Crippen molar-refractivity contribution >= 4 is 28.4 Å². The zero-order valence-corrected chi connectivity index (χ0v) is 16.5. The maximum Gasteiger partial charge on any atom is 0.443 e. The Kier molecular flexibility index (Phi) is 5.93. The van der Waals surface area contributed by atoms with Crippen LogP contribution in [0.1, 0.15) is 43.2 Å². The lowest BCUT2D eigenvalue weighted by molar-refractivity contribution is -0.137. The summed E-state index contributed by atoms with van der Waals surface area (Å²) in [6.45, 7) is 7.75. The maximum absolute atomic E-state index is 13.0. The number of methoxy groups -OCH3 is 1. The van der Waals surface area contributed by atoms with Crippen LogP contribution in [-0.2, 0) is 15.7 Å². The largest absolute Gasteiger partial charge is 0.464 e. The molecule has 0 saturated carbocycles. The molecule has 2 heterocycles. The Balaban J connectivity index is 2.22. The summed E-state index contributed by atoms with van der Waals surface area (Å²) in [6, 6.07) is -0.324. The van der Waals surface area contributed by atoms with E-state index in [-0.39, 0.29) is 36.4 Å². The van der Waals surface area contributed by atoms with Crippen LogP contribution in [0.2, 0.25) is 0 Å². The fourth-order valence-corrected chi connectivity index (χ4v) is 3.57. The second-order valence-corrected chi connectivity index (χ2v) is 8.11. The molecular formula is C16H22F3N3O4S. The summed E-state index contributed by atoms with van der Waals surface area (Å²) in [7, 11) is 1.09. The fraction of sp³-hybridized carbons (Fsp3) is 0.688. The molecule has 0 aliphatic carbocycles. The van der Waals surface area contributed by atoms with Crippen LogP contribution in [0.3, 0.4) is 0 Å². The molecule has 0 unspecified atom stereocenters. The Morgan fingerprint density at radius 3 is 2.33 bits per heavy atom. The first-order valence-electron chi connectivity index (χ1n) is 8.24. The van der Waals surface area contributed by atoms with Gasteiger partial charge in [0.05, 0.1) is 7.11 Å².